The first-order valence-corrected chi connectivity index (χ1v) is 6.54. The summed E-state index contributed by atoms with van der Waals surface area (Å²) in [4.78, 5) is 13.9. The molecule has 1 fully saturated rings. The van der Waals surface area contributed by atoms with E-state index in [1.54, 1.807) is 7.11 Å². The molecule has 106 valence electrons. The lowest BCUT2D eigenvalue weighted by atomic mass is 9.81. The number of likely N-dealkylation sites (tertiary alicyclic amines) is 1. The van der Waals surface area contributed by atoms with Gasteiger partial charge in [0, 0.05) is 31.7 Å². The number of methoxy groups -OCH3 is 1. The van der Waals surface area contributed by atoms with Gasteiger partial charge in [0.25, 0.3) is 0 Å². The smallest absolute Gasteiger partial charge is 0.234 e. The highest BCUT2D eigenvalue weighted by Gasteiger charge is 2.34. The van der Waals surface area contributed by atoms with Crippen molar-refractivity contribution in [2.24, 2.45) is 5.41 Å². The maximum Gasteiger partial charge on any atom is 0.234 e. The standard InChI is InChI=1S/C13H26N2O3/c1-10(8-18-4)14-12(17)7-15-6-5-11(16)13(2,3)9-15/h10-11,16H,5-9H2,1-4H3,(H,14,17). The molecule has 2 atom stereocenters. The Morgan fingerprint density at radius 2 is 2.28 bits per heavy atom. The molecule has 1 heterocycles. The van der Waals surface area contributed by atoms with E-state index in [4.69, 9.17) is 4.74 Å². The summed E-state index contributed by atoms with van der Waals surface area (Å²) in [6.07, 6.45) is 0.456. The van der Waals surface area contributed by atoms with Crippen molar-refractivity contribution in [1.82, 2.24) is 10.2 Å². The number of ether oxygens (including phenoxy) is 1. The number of piperidine rings is 1. The number of aliphatic hydroxyl groups is 1. The van der Waals surface area contributed by atoms with Gasteiger partial charge >= 0.3 is 0 Å². The van der Waals surface area contributed by atoms with Crippen molar-refractivity contribution < 1.29 is 14.6 Å². The Bertz CT molecular complexity index is 281. The van der Waals surface area contributed by atoms with E-state index in [-0.39, 0.29) is 23.5 Å². The van der Waals surface area contributed by atoms with E-state index in [1.165, 1.54) is 0 Å². The molecule has 5 nitrogen and oxygen atoms in total. The Morgan fingerprint density at radius 3 is 2.83 bits per heavy atom. The lowest BCUT2D eigenvalue weighted by Gasteiger charge is -2.41. The van der Waals surface area contributed by atoms with Crippen molar-refractivity contribution in [3.8, 4) is 0 Å². The first kappa shape index (κ1) is 15.4. The summed E-state index contributed by atoms with van der Waals surface area (Å²) in [5.74, 6) is 0.0201. The van der Waals surface area contributed by atoms with Crippen LogP contribution in [0.1, 0.15) is 27.2 Å². The minimum atomic E-state index is -0.274. The normalized spacial score (nSPS) is 25.7. The van der Waals surface area contributed by atoms with Gasteiger partial charge in [0.15, 0.2) is 0 Å². The van der Waals surface area contributed by atoms with E-state index in [0.717, 1.165) is 19.5 Å². The van der Waals surface area contributed by atoms with Gasteiger partial charge in [-0.25, -0.2) is 0 Å². The predicted octanol–water partition coefficient (Wildman–Crippen LogP) is 0.230. The molecule has 0 aromatic carbocycles. The molecule has 0 aromatic heterocycles. The van der Waals surface area contributed by atoms with Crippen LogP contribution in [0.2, 0.25) is 0 Å². The van der Waals surface area contributed by atoms with Crippen LogP contribution in [-0.2, 0) is 9.53 Å². The molecule has 1 aliphatic heterocycles. The van der Waals surface area contributed by atoms with Crippen LogP contribution in [0.5, 0.6) is 0 Å². The zero-order chi connectivity index (χ0) is 13.8. The van der Waals surface area contributed by atoms with Crippen LogP contribution in [0.3, 0.4) is 0 Å². The second kappa shape index (κ2) is 6.50. The Labute approximate surface area is 109 Å². The van der Waals surface area contributed by atoms with Gasteiger partial charge in [-0.2, -0.15) is 0 Å². The summed E-state index contributed by atoms with van der Waals surface area (Å²) in [5.41, 5.74) is -0.142. The second-order valence-electron chi connectivity index (χ2n) is 5.93. The molecule has 1 aliphatic rings. The lowest BCUT2D eigenvalue weighted by Crippen LogP contribution is -2.52. The summed E-state index contributed by atoms with van der Waals surface area (Å²) in [7, 11) is 1.62. The predicted molar refractivity (Wildman–Crippen MR) is 70.3 cm³/mol. The third-order valence-electron chi connectivity index (χ3n) is 3.44. The third-order valence-corrected chi connectivity index (χ3v) is 3.44. The molecule has 1 rings (SSSR count). The van der Waals surface area contributed by atoms with Crippen LogP contribution in [0, 0.1) is 5.41 Å². The van der Waals surface area contributed by atoms with Crippen molar-refractivity contribution in [3.63, 3.8) is 0 Å². The maximum atomic E-state index is 11.8. The molecule has 2 N–H and O–H groups in total. The van der Waals surface area contributed by atoms with E-state index in [1.807, 2.05) is 20.8 Å². The molecule has 1 saturated heterocycles. The van der Waals surface area contributed by atoms with Gasteiger partial charge in [-0.3, -0.25) is 9.69 Å². The zero-order valence-corrected chi connectivity index (χ0v) is 11.9. The fraction of sp³-hybridized carbons (Fsp3) is 0.923. The van der Waals surface area contributed by atoms with Crippen LogP contribution in [-0.4, -0.2) is 61.4 Å². The van der Waals surface area contributed by atoms with Gasteiger partial charge < -0.3 is 15.2 Å². The Kier molecular flexibility index (Phi) is 5.56. The molecule has 0 radical (unpaired) electrons. The van der Waals surface area contributed by atoms with Gasteiger partial charge in [0.1, 0.15) is 0 Å². The molecule has 0 bridgehead atoms. The molecule has 1 amide bonds. The fourth-order valence-electron chi connectivity index (χ4n) is 2.41. The number of hydrogen-bond donors (Lipinski definition) is 2. The molecule has 5 heteroatoms. The first-order valence-electron chi connectivity index (χ1n) is 6.54. The van der Waals surface area contributed by atoms with Gasteiger partial charge in [0.2, 0.25) is 5.91 Å². The molecule has 18 heavy (non-hydrogen) atoms. The summed E-state index contributed by atoms with van der Waals surface area (Å²) in [5, 5.41) is 12.8. The molecule has 0 spiro atoms. The van der Waals surface area contributed by atoms with Crippen molar-refractivity contribution in [3.05, 3.63) is 0 Å². The quantitative estimate of drug-likeness (QED) is 0.741. The van der Waals surface area contributed by atoms with Crippen molar-refractivity contribution in [2.75, 3.05) is 33.4 Å². The van der Waals surface area contributed by atoms with Gasteiger partial charge in [-0.15, -0.1) is 0 Å². The van der Waals surface area contributed by atoms with Crippen LogP contribution in [0.15, 0.2) is 0 Å². The molecular formula is C13H26N2O3. The van der Waals surface area contributed by atoms with Gasteiger partial charge in [-0.05, 0) is 13.3 Å². The van der Waals surface area contributed by atoms with Crippen LogP contribution in [0.25, 0.3) is 0 Å². The molecule has 0 aromatic rings. The number of amides is 1. The van der Waals surface area contributed by atoms with Gasteiger partial charge in [-0.1, -0.05) is 13.8 Å². The highest BCUT2D eigenvalue weighted by Crippen LogP contribution is 2.28. The Balaban J connectivity index is 2.37. The third kappa shape index (κ3) is 4.55. The van der Waals surface area contributed by atoms with Crippen LogP contribution >= 0.6 is 0 Å². The topological polar surface area (TPSA) is 61.8 Å². The Hall–Kier alpha value is -0.650. The molecule has 2 unspecified atom stereocenters. The first-order chi connectivity index (χ1) is 8.35. The fourth-order valence-corrected chi connectivity index (χ4v) is 2.41. The maximum absolute atomic E-state index is 11.8. The second-order valence-corrected chi connectivity index (χ2v) is 5.93. The average molecular weight is 258 g/mol. The number of aliphatic hydroxyl groups excluding tert-OH is 1. The number of hydrogen-bond acceptors (Lipinski definition) is 4. The summed E-state index contributed by atoms with van der Waals surface area (Å²) in [6, 6.07) is 0.0332. The summed E-state index contributed by atoms with van der Waals surface area (Å²) < 4.78 is 4.98. The van der Waals surface area contributed by atoms with Crippen molar-refractivity contribution in [1.29, 1.82) is 0 Å². The molecule has 0 aliphatic carbocycles. The average Bonchev–Trinajstić information content (AvgIpc) is 2.23. The number of rotatable bonds is 5. The number of nitrogens with one attached hydrogen (secondary N) is 1. The highest BCUT2D eigenvalue weighted by molar-refractivity contribution is 5.78. The molecular weight excluding hydrogens is 232 g/mol. The number of nitrogens with zero attached hydrogens (tertiary/aromatic N) is 1. The summed E-state index contributed by atoms with van der Waals surface area (Å²) >= 11 is 0. The van der Waals surface area contributed by atoms with Crippen LogP contribution in [0.4, 0.5) is 0 Å². The highest BCUT2D eigenvalue weighted by atomic mass is 16.5. The van der Waals surface area contributed by atoms with Crippen molar-refractivity contribution in [2.45, 2.75) is 39.3 Å². The number of carbonyl (C=O) groups excluding carboxylic acids is 1. The SMILES string of the molecule is COCC(C)NC(=O)CN1CCC(O)C(C)(C)C1. The van der Waals surface area contributed by atoms with E-state index in [0.29, 0.717) is 13.2 Å². The largest absolute Gasteiger partial charge is 0.392 e. The van der Waals surface area contributed by atoms with E-state index >= 15 is 0 Å². The lowest BCUT2D eigenvalue weighted by molar-refractivity contribution is -0.125. The van der Waals surface area contributed by atoms with Crippen LogP contribution < -0.4 is 5.32 Å². The Morgan fingerprint density at radius 1 is 1.61 bits per heavy atom. The van der Waals surface area contributed by atoms with Gasteiger partial charge in [0.05, 0.1) is 19.3 Å². The van der Waals surface area contributed by atoms with E-state index in [9.17, 15) is 9.90 Å². The number of carbonyl (C=O) groups is 1. The summed E-state index contributed by atoms with van der Waals surface area (Å²) in [6.45, 7) is 8.44. The van der Waals surface area contributed by atoms with E-state index in [2.05, 4.69) is 10.2 Å². The van der Waals surface area contributed by atoms with Crippen molar-refractivity contribution >= 4 is 5.91 Å². The zero-order valence-electron chi connectivity index (χ0n) is 11.9. The monoisotopic (exact) mass is 258 g/mol. The van der Waals surface area contributed by atoms with E-state index < -0.39 is 0 Å². The molecule has 0 saturated carbocycles. The minimum Gasteiger partial charge on any atom is -0.392 e. The minimum absolute atomic E-state index is 0.0201.